The van der Waals surface area contributed by atoms with E-state index in [0.717, 1.165) is 11.3 Å². The van der Waals surface area contributed by atoms with Crippen molar-refractivity contribution in [1.29, 1.82) is 0 Å². The molecule has 0 saturated heterocycles. The summed E-state index contributed by atoms with van der Waals surface area (Å²) in [5, 5.41) is 2.97. The number of likely N-dealkylation sites (N-methyl/N-ethyl adjacent to an activating group) is 1. The summed E-state index contributed by atoms with van der Waals surface area (Å²) in [5.74, 6) is 0.332. The van der Waals surface area contributed by atoms with Crippen molar-refractivity contribution in [3.8, 4) is 5.75 Å². The summed E-state index contributed by atoms with van der Waals surface area (Å²) in [6.07, 6.45) is 0. The molecule has 0 spiro atoms. The highest BCUT2D eigenvalue weighted by molar-refractivity contribution is 7.90. The fraction of sp³-hybridized carbons (Fsp3) is 0.240. The molecule has 0 aliphatic rings. The predicted molar refractivity (Wildman–Crippen MR) is 126 cm³/mol. The maximum atomic E-state index is 12.8. The van der Waals surface area contributed by atoms with Gasteiger partial charge in [-0.25, -0.2) is 8.42 Å². The second-order valence-corrected chi connectivity index (χ2v) is 9.69. The van der Waals surface area contributed by atoms with Crippen molar-refractivity contribution in [2.45, 2.75) is 16.7 Å². The van der Waals surface area contributed by atoms with Crippen molar-refractivity contribution < 1.29 is 17.9 Å². The van der Waals surface area contributed by atoms with E-state index in [2.05, 4.69) is 5.32 Å². The van der Waals surface area contributed by atoms with Crippen molar-refractivity contribution in [1.82, 2.24) is 10.2 Å². The van der Waals surface area contributed by atoms with Gasteiger partial charge in [0.15, 0.2) is 9.84 Å². The van der Waals surface area contributed by atoms with Crippen LogP contribution in [0.25, 0.3) is 0 Å². The molecule has 0 saturated carbocycles. The highest BCUT2D eigenvalue weighted by atomic mass is 32.2. The number of amides is 1. The van der Waals surface area contributed by atoms with Gasteiger partial charge in [0.05, 0.1) is 23.8 Å². The van der Waals surface area contributed by atoms with Crippen LogP contribution in [0.5, 0.6) is 5.75 Å². The molecule has 3 aromatic carbocycles. The van der Waals surface area contributed by atoms with Gasteiger partial charge in [0.2, 0.25) is 0 Å². The molecule has 0 radical (unpaired) electrons. The van der Waals surface area contributed by atoms with E-state index in [4.69, 9.17) is 4.74 Å². The van der Waals surface area contributed by atoms with Crippen molar-refractivity contribution in [2.75, 3.05) is 27.7 Å². The van der Waals surface area contributed by atoms with E-state index in [1.54, 1.807) is 61.7 Å². The highest BCUT2D eigenvalue weighted by Gasteiger charge is 2.20. The molecule has 0 bridgehead atoms. The lowest BCUT2D eigenvalue weighted by Crippen LogP contribution is -2.34. The number of benzene rings is 3. The number of sulfone groups is 1. The second-order valence-electron chi connectivity index (χ2n) is 7.70. The van der Waals surface area contributed by atoms with Crippen molar-refractivity contribution in [2.24, 2.45) is 0 Å². The maximum absolute atomic E-state index is 12.8. The number of carbonyl (C=O) groups excluding carboxylic acids is 1. The fourth-order valence-corrected chi connectivity index (χ4v) is 4.89. The van der Waals surface area contributed by atoms with Gasteiger partial charge in [0, 0.05) is 17.7 Å². The van der Waals surface area contributed by atoms with Gasteiger partial charge in [0.1, 0.15) is 5.75 Å². The average molecular weight is 453 g/mol. The Labute approximate surface area is 189 Å². The van der Waals surface area contributed by atoms with Crippen LogP contribution in [0.1, 0.15) is 27.5 Å². The van der Waals surface area contributed by atoms with Gasteiger partial charge in [-0.1, -0.05) is 48.5 Å². The lowest BCUT2D eigenvalue weighted by Gasteiger charge is -2.26. The van der Waals surface area contributed by atoms with E-state index < -0.39 is 9.84 Å². The number of nitrogens with one attached hydrogen (secondary N) is 1. The lowest BCUT2D eigenvalue weighted by molar-refractivity contribution is 0.0941. The van der Waals surface area contributed by atoms with Crippen molar-refractivity contribution in [3.63, 3.8) is 0 Å². The number of hydrogen-bond donors (Lipinski definition) is 1. The molecule has 0 aliphatic heterocycles. The quantitative estimate of drug-likeness (QED) is 0.536. The van der Waals surface area contributed by atoms with Crippen LogP contribution in [0.15, 0.2) is 83.8 Å². The lowest BCUT2D eigenvalue weighted by atomic mass is 10.0. The molecule has 168 valence electrons. The first-order valence-electron chi connectivity index (χ1n) is 10.3. The molecular formula is C25H28N2O4S. The average Bonchev–Trinajstić information content (AvgIpc) is 2.79. The number of para-hydroxylation sites is 1. The highest BCUT2D eigenvalue weighted by Crippen LogP contribution is 2.27. The SMILES string of the molecule is COc1ccccc1C(CNC(=O)c1cccc(CS(=O)(=O)c2ccccc2)c1)N(C)C. The minimum atomic E-state index is -3.49. The number of hydrogen-bond acceptors (Lipinski definition) is 5. The third-order valence-electron chi connectivity index (χ3n) is 5.23. The van der Waals surface area contributed by atoms with Gasteiger partial charge in [-0.15, -0.1) is 0 Å². The third kappa shape index (κ3) is 5.75. The van der Waals surface area contributed by atoms with Crippen molar-refractivity contribution >= 4 is 15.7 Å². The largest absolute Gasteiger partial charge is 0.496 e. The van der Waals surface area contributed by atoms with Gasteiger partial charge in [-0.2, -0.15) is 0 Å². The zero-order chi connectivity index (χ0) is 23.1. The summed E-state index contributed by atoms with van der Waals surface area (Å²) in [4.78, 5) is 15.1. The molecular weight excluding hydrogens is 424 g/mol. The van der Waals surface area contributed by atoms with E-state index in [-0.39, 0.29) is 22.6 Å². The minimum Gasteiger partial charge on any atom is -0.496 e. The first-order valence-corrected chi connectivity index (χ1v) is 11.9. The first-order chi connectivity index (χ1) is 15.3. The normalized spacial score (nSPS) is 12.4. The van der Waals surface area contributed by atoms with Crippen LogP contribution in [0.2, 0.25) is 0 Å². The Kier molecular flexibility index (Phi) is 7.66. The summed E-state index contributed by atoms with van der Waals surface area (Å²) >= 11 is 0. The van der Waals surface area contributed by atoms with Crippen LogP contribution in [-0.4, -0.2) is 47.0 Å². The molecule has 1 amide bonds. The summed E-state index contributed by atoms with van der Waals surface area (Å²) in [6.45, 7) is 0.374. The molecule has 0 aliphatic carbocycles. The van der Waals surface area contributed by atoms with Crippen LogP contribution in [-0.2, 0) is 15.6 Å². The third-order valence-corrected chi connectivity index (χ3v) is 6.93. The molecule has 1 N–H and O–H groups in total. The molecule has 0 aromatic heterocycles. The summed E-state index contributed by atoms with van der Waals surface area (Å²) < 4.78 is 30.8. The van der Waals surface area contributed by atoms with Crippen LogP contribution in [0.3, 0.4) is 0 Å². The van der Waals surface area contributed by atoms with Crippen LogP contribution in [0, 0.1) is 0 Å². The van der Waals surface area contributed by atoms with Crippen LogP contribution >= 0.6 is 0 Å². The van der Waals surface area contributed by atoms with Crippen LogP contribution in [0.4, 0.5) is 0 Å². The van der Waals surface area contributed by atoms with Crippen LogP contribution < -0.4 is 10.1 Å². The molecule has 7 heteroatoms. The smallest absolute Gasteiger partial charge is 0.251 e. The summed E-state index contributed by atoms with van der Waals surface area (Å²) in [6, 6.07) is 22.7. The van der Waals surface area contributed by atoms with Gasteiger partial charge < -0.3 is 15.0 Å². The zero-order valence-electron chi connectivity index (χ0n) is 18.5. The number of rotatable bonds is 9. The van der Waals surface area contributed by atoms with E-state index in [1.807, 2.05) is 43.3 Å². The van der Waals surface area contributed by atoms with Gasteiger partial charge in [-0.3, -0.25) is 4.79 Å². The van der Waals surface area contributed by atoms with E-state index in [1.165, 1.54) is 0 Å². The predicted octanol–water partition coefficient (Wildman–Crippen LogP) is 3.70. The first kappa shape index (κ1) is 23.5. The van der Waals surface area contributed by atoms with E-state index in [0.29, 0.717) is 17.7 Å². The standard InChI is InChI=1S/C25H28N2O4S/c1-27(2)23(22-14-7-8-15-24(22)31-3)17-26-25(28)20-11-9-10-19(16-20)18-32(29,30)21-12-5-4-6-13-21/h4-16,23H,17-18H2,1-3H3,(H,26,28). The van der Waals surface area contributed by atoms with Crippen molar-refractivity contribution in [3.05, 3.63) is 95.6 Å². The fourth-order valence-electron chi connectivity index (χ4n) is 3.54. The van der Waals surface area contributed by atoms with E-state index in [9.17, 15) is 13.2 Å². The number of methoxy groups -OCH3 is 1. The Bertz CT molecular complexity index is 1160. The second kappa shape index (κ2) is 10.4. The molecule has 32 heavy (non-hydrogen) atoms. The topological polar surface area (TPSA) is 75.7 Å². The Hall–Kier alpha value is -3.16. The summed E-state index contributed by atoms with van der Waals surface area (Å²) in [5.41, 5.74) is 1.96. The van der Waals surface area contributed by atoms with Gasteiger partial charge in [-0.05, 0) is 50.0 Å². The zero-order valence-corrected chi connectivity index (χ0v) is 19.3. The molecule has 0 heterocycles. The Morgan fingerprint density at radius 1 is 0.969 bits per heavy atom. The Morgan fingerprint density at radius 3 is 2.34 bits per heavy atom. The number of carbonyl (C=O) groups is 1. The van der Waals surface area contributed by atoms with Gasteiger partial charge in [0.25, 0.3) is 5.91 Å². The maximum Gasteiger partial charge on any atom is 0.251 e. The minimum absolute atomic E-state index is 0.0864. The summed E-state index contributed by atoms with van der Waals surface area (Å²) in [7, 11) is 2.02. The molecule has 3 aromatic rings. The monoisotopic (exact) mass is 452 g/mol. The molecule has 0 fully saturated rings. The molecule has 3 rings (SSSR count). The Balaban J connectivity index is 1.73. The van der Waals surface area contributed by atoms with E-state index >= 15 is 0 Å². The number of nitrogens with zero attached hydrogens (tertiary/aromatic N) is 1. The van der Waals surface area contributed by atoms with Gasteiger partial charge >= 0.3 is 0 Å². The number of ether oxygens (including phenoxy) is 1. The Morgan fingerprint density at radius 2 is 1.66 bits per heavy atom. The molecule has 1 atom stereocenters. The molecule has 6 nitrogen and oxygen atoms in total. The molecule has 1 unspecified atom stereocenters.